The number of hydrogen-bond acceptors (Lipinski definition) is 4. The van der Waals surface area contributed by atoms with Gasteiger partial charge in [0.1, 0.15) is 12.2 Å². The normalized spacial score (nSPS) is 27.8. The number of carbonyl (C=O) groups is 2. The van der Waals surface area contributed by atoms with E-state index in [9.17, 15) is 9.59 Å². The van der Waals surface area contributed by atoms with Gasteiger partial charge in [0.05, 0.1) is 11.1 Å². The zero-order valence-electron chi connectivity index (χ0n) is 17.3. The molecule has 0 heterocycles. The largest absolute Gasteiger partial charge is 0.459 e. The van der Waals surface area contributed by atoms with Crippen LogP contribution in [0, 0.1) is 11.8 Å². The van der Waals surface area contributed by atoms with Gasteiger partial charge >= 0.3 is 11.9 Å². The monoisotopic (exact) mass is 386 g/mol. The molecule has 3 rings (SSSR count). The summed E-state index contributed by atoms with van der Waals surface area (Å²) >= 11 is 0. The van der Waals surface area contributed by atoms with Crippen LogP contribution in [0.15, 0.2) is 24.3 Å². The fourth-order valence-corrected chi connectivity index (χ4v) is 4.50. The number of hydrogen-bond donors (Lipinski definition) is 0. The lowest BCUT2D eigenvalue weighted by Gasteiger charge is -2.27. The summed E-state index contributed by atoms with van der Waals surface area (Å²) in [5, 5.41) is 0. The molecule has 2 aliphatic carbocycles. The van der Waals surface area contributed by atoms with Crippen LogP contribution in [0.1, 0.15) is 98.8 Å². The van der Waals surface area contributed by atoms with E-state index in [1.807, 2.05) is 0 Å². The van der Waals surface area contributed by atoms with Crippen LogP contribution in [0.3, 0.4) is 0 Å². The minimum atomic E-state index is -0.294. The van der Waals surface area contributed by atoms with Gasteiger partial charge in [0, 0.05) is 0 Å². The van der Waals surface area contributed by atoms with E-state index < -0.39 is 0 Å². The van der Waals surface area contributed by atoms with E-state index in [4.69, 9.17) is 9.47 Å². The lowest BCUT2D eigenvalue weighted by Crippen LogP contribution is -2.25. The molecule has 1 aromatic carbocycles. The van der Waals surface area contributed by atoms with Crippen molar-refractivity contribution >= 4 is 11.9 Å². The zero-order chi connectivity index (χ0) is 19.9. The predicted molar refractivity (Wildman–Crippen MR) is 109 cm³/mol. The molecule has 2 fully saturated rings. The molecule has 4 nitrogen and oxygen atoms in total. The first-order chi connectivity index (χ1) is 13.6. The molecule has 2 aliphatic rings. The maximum Gasteiger partial charge on any atom is 0.338 e. The number of esters is 2. The summed E-state index contributed by atoms with van der Waals surface area (Å²) in [5.74, 6) is 0.963. The van der Waals surface area contributed by atoms with Crippen LogP contribution in [-0.2, 0) is 9.47 Å². The van der Waals surface area contributed by atoms with Gasteiger partial charge in [-0.1, -0.05) is 26.7 Å². The van der Waals surface area contributed by atoms with Crippen LogP contribution in [0.25, 0.3) is 0 Å². The van der Waals surface area contributed by atoms with Crippen LogP contribution in [0.5, 0.6) is 0 Å². The van der Waals surface area contributed by atoms with E-state index in [0.717, 1.165) is 63.2 Å². The molecule has 0 aliphatic heterocycles. The number of ether oxygens (including phenoxy) is 2. The van der Waals surface area contributed by atoms with Crippen LogP contribution in [0.2, 0.25) is 0 Å². The van der Waals surface area contributed by atoms with E-state index in [-0.39, 0.29) is 24.1 Å². The maximum absolute atomic E-state index is 12.4. The molecular weight excluding hydrogens is 352 g/mol. The molecule has 0 aromatic heterocycles. The van der Waals surface area contributed by atoms with Gasteiger partial charge in [-0.2, -0.15) is 0 Å². The molecule has 154 valence electrons. The van der Waals surface area contributed by atoms with E-state index in [0.29, 0.717) is 11.1 Å². The molecule has 0 unspecified atom stereocenters. The van der Waals surface area contributed by atoms with Crippen molar-refractivity contribution in [2.45, 2.75) is 90.3 Å². The second-order valence-corrected chi connectivity index (χ2v) is 8.49. The summed E-state index contributed by atoms with van der Waals surface area (Å²) in [4.78, 5) is 24.8. The maximum atomic E-state index is 12.4. The van der Waals surface area contributed by atoms with Gasteiger partial charge in [0.25, 0.3) is 0 Å². The van der Waals surface area contributed by atoms with Crippen LogP contribution in [0.4, 0.5) is 0 Å². The Morgan fingerprint density at radius 3 is 1.29 bits per heavy atom. The van der Waals surface area contributed by atoms with E-state index >= 15 is 0 Å². The summed E-state index contributed by atoms with van der Waals surface area (Å²) in [5.41, 5.74) is 0.996. The molecule has 1 aromatic rings. The Morgan fingerprint density at radius 2 is 1.00 bits per heavy atom. The Morgan fingerprint density at radius 1 is 0.679 bits per heavy atom. The highest BCUT2D eigenvalue weighted by atomic mass is 16.5. The third-order valence-electron chi connectivity index (χ3n) is 6.65. The lowest BCUT2D eigenvalue weighted by atomic mass is 9.86. The van der Waals surface area contributed by atoms with Crippen LogP contribution in [-0.4, -0.2) is 24.1 Å². The highest BCUT2D eigenvalue weighted by Gasteiger charge is 2.25. The Kier molecular flexibility index (Phi) is 7.52. The van der Waals surface area contributed by atoms with Crippen LogP contribution >= 0.6 is 0 Å². The topological polar surface area (TPSA) is 52.6 Å². The quantitative estimate of drug-likeness (QED) is 0.568. The second kappa shape index (κ2) is 10.1. The highest BCUT2D eigenvalue weighted by molar-refractivity contribution is 5.93. The first kappa shape index (κ1) is 20.9. The van der Waals surface area contributed by atoms with Gasteiger partial charge in [-0.25, -0.2) is 9.59 Å². The third kappa shape index (κ3) is 5.59. The number of carbonyl (C=O) groups excluding carboxylic acids is 2. The van der Waals surface area contributed by atoms with Gasteiger partial charge in [-0.15, -0.1) is 0 Å². The third-order valence-corrected chi connectivity index (χ3v) is 6.65. The fourth-order valence-electron chi connectivity index (χ4n) is 4.50. The first-order valence-electron chi connectivity index (χ1n) is 11.1. The Hall–Kier alpha value is -1.84. The average Bonchev–Trinajstić information content (AvgIpc) is 2.75. The summed E-state index contributed by atoms with van der Waals surface area (Å²) < 4.78 is 11.3. The van der Waals surface area contributed by atoms with Crippen molar-refractivity contribution in [3.05, 3.63) is 35.4 Å². The minimum Gasteiger partial charge on any atom is -0.459 e. The van der Waals surface area contributed by atoms with Crippen molar-refractivity contribution in [2.75, 3.05) is 0 Å². The van der Waals surface area contributed by atoms with Crippen molar-refractivity contribution in [1.82, 2.24) is 0 Å². The lowest BCUT2D eigenvalue weighted by molar-refractivity contribution is 0.0151. The minimum absolute atomic E-state index is 0.0261. The van der Waals surface area contributed by atoms with Gasteiger partial charge in [-0.3, -0.25) is 0 Å². The van der Waals surface area contributed by atoms with Gasteiger partial charge in [-0.05, 0) is 87.5 Å². The molecule has 0 N–H and O–H groups in total. The standard InChI is InChI=1S/C24H34O4/c1-3-17-5-13-21(14-6-17)27-23(25)19-9-11-20(12-10-19)24(26)28-22-15-7-18(4-2)8-16-22/h9-12,17-18,21-22H,3-8,13-16H2,1-2H3. The summed E-state index contributed by atoms with van der Waals surface area (Å²) in [6, 6.07) is 6.68. The van der Waals surface area contributed by atoms with Gasteiger partial charge < -0.3 is 9.47 Å². The molecule has 0 bridgehead atoms. The Labute approximate surface area is 169 Å². The molecule has 4 heteroatoms. The molecule has 0 atom stereocenters. The highest BCUT2D eigenvalue weighted by Crippen LogP contribution is 2.30. The summed E-state index contributed by atoms with van der Waals surface area (Å²) in [7, 11) is 0. The van der Waals surface area contributed by atoms with E-state index in [2.05, 4.69) is 13.8 Å². The van der Waals surface area contributed by atoms with E-state index in [1.165, 1.54) is 12.8 Å². The van der Waals surface area contributed by atoms with Crippen molar-refractivity contribution in [3.8, 4) is 0 Å². The molecule has 28 heavy (non-hydrogen) atoms. The Balaban J connectivity index is 1.47. The molecule has 0 saturated heterocycles. The van der Waals surface area contributed by atoms with Gasteiger partial charge in [0.2, 0.25) is 0 Å². The molecule has 0 amide bonds. The average molecular weight is 387 g/mol. The van der Waals surface area contributed by atoms with Crippen molar-refractivity contribution in [2.24, 2.45) is 11.8 Å². The fraction of sp³-hybridized carbons (Fsp3) is 0.667. The molecule has 2 saturated carbocycles. The summed E-state index contributed by atoms with van der Waals surface area (Å²) in [6.45, 7) is 4.44. The smallest absolute Gasteiger partial charge is 0.338 e. The van der Waals surface area contributed by atoms with Crippen LogP contribution < -0.4 is 0 Å². The number of rotatable bonds is 6. The number of benzene rings is 1. The van der Waals surface area contributed by atoms with Crippen molar-refractivity contribution in [3.63, 3.8) is 0 Å². The van der Waals surface area contributed by atoms with Crippen molar-refractivity contribution < 1.29 is 19.1 Å². The SMILES string of the molecule is CCC1CCC(OC(=O)c2ccc(C(=O)OC3CCC(CC)CC3)cc2)CC1. The molecule has 0 radical (unpaired) electrons. The summed E-state index contributed by atoms with van der Waals surface area (Å²) in [6.07, 6.45) is 10.8. The van der Waals surface area contributed by atoms with E-state index in [1.54, 1.807) is 24.3 Å². The first-order valence-corrected chi connectivity index (χ1v) is 11.1. The zero-order valence-corrected chi connectivity index (χ0v) is 17.3. The van der Waals surface area contributed by atoms with Gasteiger partial charge in [0.15, 0.2) is 0 Å². The predicted octanol–water partition coefficient (Wildman–Crippen LogP) is 5.94. The van der Waals surface area contributed by atoms with Crippen molar-refractivity contribution in [1.29, 1.82) is 0 Å². The molecule has 0 spiro atoms. The second-order valence-electron chi connectivity index (χ2n) is 8.49. The molecular formula is C24H34O4. The Bertz CT molecular complexity index is 578.